The molecule has 1 N–H and O–H groups in total. The summed E-state index contributed by atoms with van der Waals surface area (Å²) >= 11 is 6.18. The molecule has 0 aliphatic heterocycles. The van der Waals surface area contributed by atoms with E-state index in [0.29, 0.717) is 13.2 Å². The molecule has 0 amide bonds. The van der Waals surface area contributed by atoms with E-state index in [2.05, 4.69) is 31.3 Å². The second-order valence-electron chi connectivity index (χ2n) is 5.78. The van der Waals surface area contributed by atoms with Crippen molar-refractivity contribution in [3.05, 3.63) is 65.2 Å². The summed E-state index contributed by atoms with van der Waals surface area (Å²) in [6.07, 6.45) is 0.908. The fourth-order valence-corrected chi connectivity index (χ4v) is 2.26. The van der Waals surface area contributed by atoms with Gasteiger partial charge in [-0.15, -0.1) is 0 Å². The molecule has 0 aliphatic carbocycles. The lowest BCUT2D eigenvalue weighted by Crippen LogP contribution is -2.32. The monoisotopic (exact) mass is 303 g/mol. The van der Waals surface area contributed by atoms with Crippen LogP contribution in [-0.4, -0.2) is 12.1 Å². The van der Waals surface area contributed by atoms with Crippen LogP contribution >= 0.6 is 11.6 Å². The number of nitrogens with one attached hydrogen (secondary N) is 1. The fraction of sp³-hybridized carbons (Fsp3) is 0.333. The first-order chi connectivity index (χ1) is 10.1. The Morgan fingerprint density at radius 1 is 1.00 bits per heavy atom. The summed E-state index contributed by atoms with van der Waals surface area (Å²) in [6.45, 7) is 5.67. The zero-order valence-electron chi connectivity index (χ0n) is 12.6. The summed E-state index contributed by atoms with van der Waals surface area (Å²) in [5.41, 5.74) is 2.10. The van der Waals surface area contributed by atoms with E-state index in [1.54, 1.807) is 0 Å². The highest BCUT2D eigenvalue weighted by Crippen LogP contribution is 2.25. The van der Waals surface area contributed by atoms with Crippen molar-refractivity contribution in [1.82, 2.24) is 0 Å². The summed E-state index contributed by atoms with van der Waals surface area (Å²) in [5, 5.41) is 4.22. The van der Waals surface area contributed by atoms with E-state index < -0.39 is 0 Å². The van der Waals surface area contributed by atoms with Gasteiger partial charge in [0.05, 0.1) is 17.3 Å². The number of benzene rings is 2. The Morgan fingerprint density at radius 2 is 1.67 bits per heavy atom. The minimum atomic E-state index is -0.0678. The van der Waals surface area contributed by atoms with Gasteiger partial charge in [0.25, 0.3) is 0 Å². The van der Waals surface area contributed by atoms with E-state index >= 15 is 0 Å². The number of anilines is 1. The maximum atomic E-state index is 6.18. The molecular formula is C18H22ClNO. The molecule has 0 atom stereocenters. The molecule has 21 heavy (non-hydrogen) atoms. The van der Waals surface area contributed by atoms with E-state index in [4.69, 9.17) is 16.3 Å². The second-order valence-corrected chi connectivity index (χ2v) is 6.18. The van der Waals surface area contributed by atoms with E-state index in [1.807, 2.05) is 42.5 Å². The molecule has 0 saturated carbocycles. The van der Waals surface area contributed by atoms with Crippen molar-refractivity contribution in [2.24, 2.45) is 0 Å². The van der Waals surface area contributed by atoms with Crippen LogP contribution in [0.2, 0.25) is 5.02 Å². The summed E-state index contributed by atoms with van der Waals surface area (Å²) in [5.74, 6) is 0. The smallest absolute Gasteiger partial charge is 0.0716 e. The molecule has 2 nitrogen and oxygen atoms in total. The van der Waals surface area contributed by atoms with E-state index in [-0.39, 0.29) is 5.54 Å². The Morgan fingerprint density at radius 3 is 2.38 bits per heavy atom. The minimum Gasteiger partial charge on any atom is -0.379 e. The van der Waals surface area contributed by atoms with E-state index in [0.717, 1.165) is 17.1 Å². The Labute approximate surface area is 132 Å². The fourth-order valence-electron chi connectivity index (χ4n) is 2.08. The summed E-state index contributed by atoms with van der Waals surface area (Å²) < 4.78 is 5.75. The first kappa shape index (κ1) is 15.9. The number of hydrogen-bond acceptors (Lipinski definition) is 2. The van der Waals surface area contributed by atoms with E-state index in [9.17, 15) is 0 Å². The molecule has 112 valence electrons. The lowest BCUT2D eigenvalue weighted by molar-refractivity contribution is 0.109. The third-order valence-electron chi connectivity index (χ3n) is 3.33. The number of hydrogen-bond donors (Lipinski definition) is 1. The molecule has 0 radical (unpaired) electrons. The average molecular weight is 304 g/mol. The lowest BCUT2D eigenvalue weighted by Gasteiger charge is -2.28. The van der Waals surface area contributed by atoms with Gasteiger partial charge >= 0.3 is 0 Å². The van der Waals surface area contributed by atoms with Crippen molar-refractivity contribution in [1.29, 1.82) is 0 Å². The minimum absolute atomic E-state index is 0.0678. The van der Waals surface area contributed by atoms with Crippen LogP contribution in [0.1, 0.15) is 25.8 Å². The molecule has 2 aromatic rings. The molecule has 0 saturated heterocycles. The van der Waals surface area contributed by atoms with Crippen molar-refractivity contribution in [3.63, 3.8) is 0 Å². The SMILES string of the molecule is CC(C)(CCOCc1ccccc1)Nc1ccccc1Cl. The molecule has 0 spiro atoms. The molecule has 3 heteroatoms. The lowest BCUT2D eigenvalue weighted by atomic mass is 10.0. The van der Waals surface area contributed by atoms with Gasteiger partial charge in [-0.25, -0.2) is 0 Å². The van der Waals surface area contributed by atoms with Crippen molar-refractivity contribution in [2.45, 2.75) is 32.4 Å². The number of para-hydroxylation sites is 1. The van der Waals surface area contributed by atoms with Crippen LogP contribution in [0.3, 0.4) is 0 Å². The normalized spacial score (nSPS) is 11.4. The van der Waals surface area contributed by atoms with Crippen molar-refractivity contribution in [3.8, 4) is 0 Å². The molecule has 0 bridgehead atoms. The third-order valence-corrected chi connectivity index (χ3v) is 3.66. The molecule has 0 fully saturated rings. The maximum absolute atomic E-state index is 6.18. The van der Waals surface area contributed by atoms with Crippen LogP contribution in [-0.2, 0) is 11.3 Å². The summed E-state index contributed by atoms with van der Waals surface area (Å²) in [7, 11) is 0. The highest BCUT2D eigenvalue weighted by molar-refractivity contribution is 6.33. The highest BCUT2D eigenvalue weighted by atomic mass is 35.5. The Hall–Kier alpha value is -1.51. The summed E-state index contributed by atoms with van der Waals surface area (Å²) in [4.78, 5) is 0. The molecule has 0 aromatic heterocycles. The first-order valence-electron chi connectivity index (χ1n) is 7.21. The van der Waals surface area contributed by atoms with Crippen LogP contribution in [0.15, 0.2) is 54.6 Å². The third kappa shape index (κ3) is 5.41. The molecule has 2 aromatic carbocycles. The molecular weight excluding hydrogens is 282 g/mol. The number of ether oxygens (including phenoxy) is 1. The predicted molar refractivity (Wildman–Crippen MR) is 89.9 cm³/mol. The van der Waals surface area contributed by atoms with Crippen molar-refractivity contribution >= 4 is 17.3 Å². The second kappa shape index (κ2) is 7.48. The van der Waals surface area contributed by atoms with Gasteiger partial charge in [0.1, 0.15) is 0 Å². The largest absolute Gasteiger partial charge is 0.379 e. The Bertz CT molecular complexity index is 554. The van der Waals surface area contributed by atoms with Crippen LogP contribution < -0.4 is 5.32 Å². The van der Waals surface area contributed by atoms with Gasteiger partial charge in [-0.05, 0) is 38.0 Å². The molecule has 2 rings (SSSR count). The quantitative estimate of drug-likeness (QED) is 0.715. The van der Waals surface area contributed by atoms with Gasteiger partial charge in [-0.3, -0.25) is 0 Å². The van der Waals surface area contributed by atoms with Gasteiger partial charge in [0.2, 0.25) is 0 Å². The number of rotatable bonds is 7. The van der Waals surface area contributed by atoms with Crippen molar-refractivity contribution in [2.75, 3.05) is 11.9 Å². The van der Waals surface area contributed by atoms with Crippen LogP contribution in [0.5, 0.6) is 0 Å². The van der Waals surface area contributed by atoms with Crippen molar-refractivity contribution < 1.29 is 4.74 Å². The van der Waals surface area contributed by atoms with Gasteiger partial charge in [0, 0.05) is 12.1 Å². The highest BCUT2D eigenvalue weighted by Gasteiger charge is 2.18. The molecule has 0 heterocycles. The topological polar surface area (TPSA) is 21.3 Å². The Kier molecular flexibility index (Phi) is 5.66. The number of halogens is 1. The standard InChI is InChI=1S/C18H22ClNO/c1-18(2,20-17-11-7-6-10-16(17)19)12-13-21-14-15-8-4-3-5-9-15/h3-11,20H,12-14H2,1-2H3. The molecule has 0 unspecified atom stereocenters. The maximum Gasteiger partial charge on any atom is 0.0716 e. The van der Waals surface area contributed by atoms with Crippen LogP contribution in [0.25, 0.3) is 0 Å². The van der Waals surface area contributed by atoms with Gasteiger partial charge in [-0.2, -0.15) is 0 Å². The Balaban J connectivity index is 1.77. The van der Waals surface area contributed by atoms with Gasteiger partial charge in [0.15, 0.2) is 0 Å². The van der Waals surface area contributed by atoms with Crippen LogP contribution in [0, 0.1) is 0 Å². The average Bonchev–Trinajstić information content (AvgIpc) is 2.47. The summed E-state index contributed by atoms with van der Waals surface area (Å²) in [6, 6.07) is 18.0. The zero-order chi connectivity index (χ0) is 15.1. The van der Waals surface area contributed by atoms with Gasteiger partial charge in [-0.1, -0.05) is 54.1 Å². The van der Waals surface area contributed by atoms with E-state index in [1.165, 1.54) is 5.56 Å². The predicted octanol–water partition coefficient (Wildman–Crippen LogP) is 5.14. The van der Waals surface area contributed by atoms with Gasteiger partial charge < -0.3 is 10.1 Å². The van der Waals surface area contributed by atoms with Crippen LogP contribution in [0.4, 0.5) is 5.69 Å². The zero-order valence-corrected chi connectivity index (χ0v) is 13.4. The molecule has 0 aliphatic rings. The first-order valence-corrected chi connectivity index (χ1v) is 7.59.